The van der Waals surface area contributed by atoms with Crippen LogP contribution in [0.2, 0.25) is 0 Å². The fraction of sp³-hybridized carbons (Fsp3) is 0.125. The maximum absolute atomic E-state index is 11.3. The van der Waals surface area contributed by atoms with Crippen molar-refractivity contribution in [3.8, 4) is 10.6 Å². The van der Waals surface area contributed by atoms with Crippen LogP contribution < -0.4 is 0 Å². The Balaban J connectivity index is 2.45. The van der Waals surface area contributed by atoms with Crippen LogP contribution in [0.4, 0.5) is 0 Å². The fourth-order valence-corrected chi connectivity index (χ4v) is 2.37. The Morgan fingerprint density at radius 2 is 2.43 bits per heavy atom. The predicted octanol–water partition coefficient (Wildman–Crippen LogP) is 2.05. The molecule has 0 saturated carbocycles. The Labute approximate surface area is 88.3 Å². The van der Waals surface area contributed by atoms with Gasteiger partial charge in [-0.2, -0.15) is 0 Å². The van der Waals surface area contributed by atoms with E-state index < -0.39 is 0 Å². The third kappa shape index (κ3) is 1.53. The van der Waals surface area contributed by atoms with Crippen LogP contribution in [0.15, 0.2) is 17.5 Å². The number of methoxy groups -OCH3 is 1. The molecule has 0 spiro atoms. The first-order chi connectivity index (χ1) is 6.83. The molecular weight excluding hydrogens is 220 g/mol. The molecule has 0 N–H and O–H groups in total. The van der Waals surface area contributed by atoms with Gasteiger partial charge >= 0.3 is 5.97 Å². The summed E-state index contributed by atoms with van der Waals surface area (Å²) in [4.78, 5) is 12.7. The van der Waals surface area contributed by atoms with E-state index >= 15 is 0 Å². The molecule has 2 heterocycles. The first-order valence-electron chi connectivity index (χ1n) is 3.77. The Morgan fingerprint density at radius 3 is 3.07 bits per heavy atom. The number of ether oxygens (including phenoxy) is 1. The fourth-order valence-electron chi connectivity index (χ4n) is 0.992. The molecule has 0 aliphatic heterocycles. The minimum Gasteiger partial charge on any atom is -0.465 e. The summed E-state index contributed by atoms with van der Waals surface area (Å²) in [6, 6.07) is 3.80. The van der Waals surface area contributed by atoms with Gasteiger partial charge in [-0.25, -0.2) is 4.79 Å². The molecular formula is C8H6N2O2S2. The third-order valence-electron chi connectivity index (χ3n) is 1.61. The second kappa shape index (κ2) is 3.85. The summed E-state index contributed by atoms with van der Waals surface area (Å²) in [5, 5.41) is 5.83. The number of thiophene rings is 1. The molecule has 0 saturated heterocycles. The molecule has 0 aromatic carbocycles. The number of rotatable bonds is 2. The second-order valence-electron chi connectivity index (χ2n) is 2.42. The van der Waals surface area contributed by atoms with Gasteiger partial charge in [0.2, 0.25) is 0 Å². The standard InChI is InChI=1S/C8H6N2O2S2/c1-12-8(11)7-6(9-10-14-7)5-3-2-4-13-5/h2-4H,1H3. The van der Waals surface area contributed by atoms with Crippen molar-refractivity contribution in [1.29, 1.82) is 0 Å². The number of carbonyl (C=O) groups excluding carboxylic acids is 1. The van der Waals surface area contributed by atoms with E-state index in [0.29, 0.717) is 10.6 Å². The summed E-state index contributed by atoms with van der Waals surface area (Å²) in [7, 11) is 1.35. The summed E-state index contributed by atoms with van der Waals surface area (Å²) < 4.78 is 8.37. The average molecular weight is 226 g/mol. The molecule has 2 aromatic heterocycles. The van der Waals surface area contributed by atoms with Crippen LogP contribution in [0.1, 0.15) is 9.67 Å². The molecule has 0 radical (unpaired) electrons. The SMILES string of the molecule is COC(=O)c1snnc1-c1cccs1. The zero-order valence-electron chi connectivity index (χ0n) is 7.26. The number of carbonyl (C=O) groups is 1. The van der Waals surface area contributed by atoms with Crippen LogP contribution in [-0.2, 0) is 4.74 Å². The lowest BCUT2D eigenvalue weighted by Gasteiger charge is -1.95. The van der Waals surface area contributed by atoms with Gasteiger partial charge in [0, 0.05) is 0 Å². The van der Waals surface area contributed by atoms with Gasteiger partial charge in [0.1, 0.15) is 5.69 Å². The van der Waals surface area contributed by atoms with Crippen LogP contribution in [0.3, 0.4) is 0 Å². The number of hydrogen-bond donors (Lipinski definition) is 0. The van der Waals surface area contributed by atoms with Crippen LogP contribution in [0.25, 0.3) is 10.6 Å². The number of esters is 1. The van der Waals surface area contributed by atoms with E-state index in [9.17, 15) is 4.79 Å². The minimum absolute atomic E-state index is 0.386. The summed E-state index contributed by atoms with van der Waals surface area (Å²) in [5.74, 6) is -0.386. The lowest BCUT2D eigenvalue weighted by molar-refractivity contribution is 0.0607. The van der Waals surface area contributed by atoms with Gasteiger partial charge in [0.05, 0.1) is 12.0 Å². The molecule has 0 fully saturated rings. The van der Waals surface area contributed by atoms with Crippen LogP contribution in [0, 0.1) is 0 Å². The van der Waals surface area contributed by atoms with Crippen molar-refractivity contribution in [2.45, 2.75) is 0 Å². The van der Waals surface area contributed by atoms with Gasteiger partial charge in [0.25, 0.3) is 0 Å². The van der Waals surface area contributed by atoms with Gasteiger partial charge < -0.3 is 4.74 Å². The van der Waals surface area contributed by atoms with Gasteiger partial charge in [-0.05, 0) is 23.0 Å². The molecule has 14 heavy (non-hydrogen) atoms. The average Bonchev–Trinajstić information content (AvgIpc) is 2.85. The molecule has 2 aromatic rings. The number of nitrogens with zero attached hydrogens (tertiary/aromatic N) is 2. The number of aromatic nitrogens is 2. The first kappa shape index (κ1) is 9.29. The highest BCUT2D eigenvalue weighted by Gasteiger charge is 2.18. The van der Waals surface area contributed by atoms with Crippen molar-refractivity contribution in [3.05, 3.63) is 22.4 Å². The van der Waals surface area contributed by atoms with Crippen LogP contribution in [0.5, 0.6) is 0 Å². The first-order valence-corrected chi connectivity index (χ1v) is 5.43. The molecule has 6 heteroatoms. The maximum Gasteiger partial charge on any atom is 0.352 e. The van der Waals surface area contributed by atoms with E-state index in [2.05, 4.69) is 14.3 Å². The monoisotopic (exact) mass is 226 g/mol. The van der Waals surface area contributed by atoms with E-state index in [1.54, 1.807) is 0 Å². The van der Waals surface area contributed by atoms with Gasteiger partial charge in [0.15, 0.2) is 4.88 Å². The van der Waals surface area contributed by atoms with Crippen molar-refractivity contribution in [2.75, 3.05) is 7.11 Å². The lowest BCUT2D eigenvalue weighted by Crippen LogP contribution is -1.99. The molecule has 0 aliphatic rings. The topological polar surface area (TPSA) is 52.1 Å². The summed E-state index contributed by atoms with van der Waals surface area (Å²) in [5.41, 5.74) is 0.608. The van der Waals surface area contributed by atoms with Crippen molar-refractivity contribution >= 4 is 28.8 Å². The zero-order chi connectivity index (χ0) is 9.97. The Morgan fingerprint density at radius 1 is 1.57 bits per heavy atom. The highest BCUT2D eigenvalue weighted by molar-refractivity contribution is 7.14. The predicted molar refractivity (Wildman–Crippen MR) is 54.6 cm³/mol. The van der Waals surface area contributed by atoms with Gasteiger partial charge in [-0.15, -0.1) is 16.4 Å². The molecule has 0 amide bonds. The summed E-state index contributed by atoms with van der Waals surface area (Å²) >= 11 is 2.57. The van der Waals surface area contributed by atoms with Crippen molar-refractivity contribution < 1.29 is 9.53 Å². The van der Waals surface area contributed by atoms with Gasteiger partial charge in [-0.3, -0.25) is 0 Å². The second-order valence-corrected chi connectivity index (χ2v) is 4.12. The zero-order valence-corrected chi connectivity index (χ0v) is 8.89. The van der Waals surface area contributed by atoms with Crippen LogP contribution in [-0.4, -0.2) is 22.7 Å². The summed E-state index contributed by atoms with van der Waals surface area (Å²) in [6.45, 7) is 0. The van der Waals surface area contributed by atoms with E-state index in [1.807, 2.05) is 17.5 Å². The molecule has 72 valence electrons. The molecule has 0 bridgehead atoms. The van der Waals surface area contributed by atoms with E-state index in [4.69, 9.17) is 0 Å². The number of hydrogen-bond acceptors (Lipinski definition) is 6. The molecule has 0 unspecified atom stereocenters. The van der Waals surface area contributed by atoms with E-state index in [0.717, 1.165) is 16.4 Å². The Bertz CT molecular complexity index is 436. The Kier molecular flexibility index (Phi) is 2.55. The molecule has 0 atom stereocenters. The molecule has 4 nitrogen and oxygen atoms in total. The maximum atomic E-state index is 11.3. The minimum atomic E-state index is -0.386. The van der Waals surface area contributed by atoms with Crippen LogP contribution >= 0.6 is 22.9 Å². The lowest BCUT2D eigenvalue weighted by atomic mass is 10.3. The van der Waals surface area contributed by atoms with Crippen molar-refractivity contribution in [1.82, 2.24) is 9.59 Å². The summed E-state index contributed by atoms with van der Waals surface area (Å²) in [6.07, 6.45) is 0. The highest BCUT2D eigenvalue weighted by Crippen LogP contribution is 2.28. The smallest absolute Gasteiger partial charge is 0.352 e. The molecule has 2 rings (SSSR count). The van der Waals surface area contributed by atoms with Gasteiger partial charge in [-0.1, -0.05) is 10.6 Å². The largest absolute Gasteiger partial charge is 0.465 e. The van der Waals surface area contributed by atoms with Crippen molar-refractivity contribution in [2.24, 2.45) is 0 Å². The van der Waals surface area contributed by atoms with E-state index in [1.165, 1.54) is 18.4 Å². The highest BCUT2D eigenvalue weighted by atomic mass is 32.1. The normalized spacial score (nSPS) is 10.1. The Hall–Kier alpha value is -1.27. The quantitative estimate of drug-likeness (QED) is 0.735. The third-order valence-corrected chi connectivity index (χ3v) is 3.20. The van der Waals surface area contributed by atoms with Crippen molar-refractivity contribution in [3.63, 3.8) is 0 Å². The van der Waals surface area contributed by atoms with E-state index in [-0.39, 0.29) is 5.97 Å². The molecule has 0 aliphatic carbocycles.